The zero-order valence-electron chi connectivity index (χ0n) is 9.72. The smallest absolute Gasteiger partial charge is 0.242 e. The molecule has 0 saturated heterocycles. The number of hydrogen-bond acceptors (Lipinski definition) is 2. The summed E-state index contributed by atoms with van der Waals surface area (Å²) < 4.78 is 0. The first kappa shape index (κ1) is 11.7. The van der Waals surface area contributed by atoms with Crippen LogP contribution < -0.4 is 11.1 Å². The van der Waals surface area contributed by atoms with Crippen LogP contribution in [0.5, 0.6) is 0 Å². The summed E-state index contributed by atoms with van der Waals surface area (Å²) in [5.41, 5.74) is 7.88. The number of primary amides is 1. The number of amides is 1. The van der Waals surface area contributed by atoms with Gasteiger partial charge in [0.2, 0.25) is 5.91 Å². The average Bonchev–Trinajstić information content (AvgIpc) is 2.20. The lowest BCUT2D eigenvalue weighted by atomic mass is 9.89. The number of nitrogens with one attached hydrogen (secondary N) is 1. The van der Waals surface area contributed by atoms with Gasteiger partial charge in [0.15, 0.2) is 0 Å². The molecule has 3 nitrogen and oxygen atoms in total. The SMILES string of the molecule is CNC(C)(C(N)=O)c1ccc(C)c(C)c1. The molecule has 0 spiro atoms. The third kappa shape index (κ3) is 2.02. The summed E-state index contributed by atoms with van der Waals surface area (Å²) in [7, 11) is 1.74. The minimum Gasteiger partial charge on any atom is -0.368 e. The summed E-state index contributed by atoms with van der Waals surface area (Å²) >= 11 is 0. The molecule has 82 valence electrons. The van der Waals surface area contributed by atoms with Crippen LogP contribution in [0.3, 0.4) is 0 Å². The molecule has 0 fully saturated rings. The van der Waals surface area contributed by atoms with Gasteiger partial charge in [-0.25, -0.2) is 0 Å². The largest absolute Gasteiger partial charge is 0.368 e. The van der Waals surface area contributed by atoms with Crippen LogP contribution in [-0.2, 0) is 10.3 Å². The highest BCUT2D eigenvalue weighted by Crippen LogP contribution is 2.22. The molecule has 0 saturated carbocycles. The quantitative estimate of drug-likeness (QED) is 0.781. The number of benzene rings is 1. The first-order valence-corrected chi connectivity index (χ1v) is 4.98. The van der Waals surface area contributed by atoms with E-state index in [0.29, 0.717) is 0 Å². The Balaban J connectivity index is 3.25. The summed E-state index contributed by atoms with van der Waals surface area (Å²) in [5, 5.41) is 2.97. The van der Waals surface area contributed by atoms with Gasteiger partial charge in [-0.05, 0) is 44.5 Å². The van der Waals surface area contributed by atoms with E-state index in [1.165, 1.54) is 5.56 Å². The molecule has 0 aliphatic heterocycles. The van der Waals surface area contributed by atoms with Crippen LogP contribution in [0.4, 0.5) is 0 Å². The van der Waals surface area contributed by atoms with Gasteiger partial charge in [-0.2, -0.15) is 0 Å². The highest BCUT2D eigenvalue weighted by atomic mass is 16.1. The molecule has 1 atom stereocenters. The zero-order chi connectivity index (χ0) is 11.6. The molecular weight excluding hydrogens is 188 g/mol. The van der Waals surface area contributed by atoms with E-state index in [4.69, 9.17) is 5.73 Å². The van der Waals surface area contributed by atoms with Crippen molar-refractivity contribution >= 4 is 5.91 Å². The van der Waals surface area contributed by atoms with Crippen molar-refractivity contribution < 1.29 is 4.79 Å². The first-order chi connectivity index (χ1) is 6.91. The van der Waals surface area contributed by atoms with Gasteiger partial charge in [0.25, 0.3) is 0 Å². The van der Waals surface area contributed by atoms with E-state index in [2.05, 4.69) is 5.32 Å². The van der Waals surface area contributed by atoms with Crippen molar-refractivity contribution in [1.29, 1.82) is 0 Å². The fourth-order valence-electron chi connectivity index (χ4n) is 1.46. The molecule has 0 aliphatic rings. The van der Waals surface area contributed by atoms with Gasteiger partial charge in [-0.1, -0.05) is 18.2 Å². The van der Waals surface area contributed by atoms with Crippen LogP contribution in [0.25, 0.3) is 0 Å². The zero-order valence-corrected chi connectivity index (χ0v) is 9.72. The highest BCUT2D eigenvalue weighted by molar-refractivity contribution is 5.85. The van der Waals surface area contributed by atoms with E-state index >= 15 is 0 Å². The normalized spacial score (nSPS) is 14.7. The molecule has 15 heavy (non-hydrogen) atoms. The summed E-state index contributed by atoms with van der Waals surface area (Å²) in [6.07, 6.45) is 0. The second-order valence-corrected chi connectivity index (χ2v) is 4.04. The van der Waals surface area contributed by atoms with Gasteiger partial charge >= 0.3 is 0 Å². The van der Waals surface area contributed by atoms with Crippen molar-refractivity contribution in [3.8, 4) is 0 Å². The van der Waals surface area contributed by atoms with Crippen molar-refractivity contribution in [2.75, 3.05) is 7.05 Å². The number of likely N-dealkylation sites (N-methyl/N-ethyl adjacent to an activating group) is 1. The van der Waals surface area contributed by atoms with E-state index in [0.717, 1.165) is 11.1 Å². The maximum atomic E-state index is 11.4. The third-order valence-electron chi connectivity index (χ3n) is 3.08. The molecule has 0 heterocycles. The fourth-order valence-corrected chi connectivity index (χ4v) is 1.46. The Bertz CT molecular complexity index is 387. The molecule has 1 unspecified atom stereocenters. The molecule has 1 aromatic carbocycles. The predicted octanol–water partition coefficient (Wildman–Crippen LogP) is 1.22. The van der Waals surface area contributed by atoms with Gasteiger partial charge in [0.05, 0.1) is 0 Å². The number of rotatable bonds is 3. The van der Waals surface area contributed by atoms with Crippen LogP contribution in [0.1, 0.15) is 23.6 Å². The molecule has 0 aromatic heterocycles. The lowest BCUT2D eigenvalue weighted by Gasteiger charge is -2.26. The van der Waals surface area contributed by atoms with Crippen molar-refractivity contribution in [3.63, 3.8) is 0 Å². The minimum atomic E-state index is -0.793. The molecule has 1 rings (SSSR count). The maximum absolute atomic E-state index is 11.4. The Morgan fingerprint density at radius 2 is 1.93 bits per heavy atom. The van der Waals surface area contributed by atoms with E-state index in [9.17, 15) is 4.79 Å². The average molecular weight is 206 g/mol. The van der Waals surface area contributed by atoms with Crippen LogP contribution >= 0.6 is 0 Å². The number of carbonyl (C=O) groups is 1. The third-order valence-corrected chi connectivity index (χ3v) is 3.08. The van der Waals surface area contributed by atoms with Gasteiger partial charge < -0.3 is 11.1 Å². The van der Waals surface area contributed by atoms with Crippen molar-refractivity contribution in [1.82, 2.24) is 5.32 Å². The molecule has 1 aromatic rings. The topological polar surface area (TPSA) is 55.1 Å². The predicted molar refractivity (Wildman–Crippen MR) is 61.5 cm³/mol. The summed E-state index contributed by atoms with van der Waals surface area (Å²) in [5.74, 6) is -0.367. The molecule has 0 aliphatic carbocycles. The lowest BCUT2D eigenvalue weighted by Crippen LogP contribution is -2.48. The van der Waals surface area contributed by atoms with E-state index in [-0.39, 0.29) is 5.91 Å². The summed E-state index contributed by atoms with van der Waals surface area (Å²) in [6, 6.07) is 5.93. The Morgan fingerprint density at radius 3 is 2.33 bits per heavy atom. The maximum Gasteiger partial charge on any atom is 0.242 e. The van der Waals surface area contributed by atoms with Crippen LogP contribution in [0.2, 0.25) is 0 Å². The van der Waals surface area contributed by atoms with Gasteiger partial charge in [0, 0.05) is 0 Å². The Morgan fingerprint density at radius 1 is 1.33 bits per heavy atom. The second kappa shape index (κ2) is 4.03. The fraction of sp³-hybridized carbons (Fsp3) is 0.417. The van der Waals surface area contributed by atoms with E-state index in [1.807, 2.05) is 32.0 Å². The second-order valence-electron chi connectivity index (χ2n) is 4.04. The molecule has 3 heteroatoms. The minimum absolute atomic E-state index is 0.367. The molecule has 0 radical (unpaired) electrons. The molecule has 1 amide bonds. The van der Waals surface area contributed by atoms with E-state index in [1.54, 1.807) is 14.0 Å². The van der Waals surface area contributed by atoms with Crippen molar-refractivity contribution in [3.05, 3.63) is 34.9 Å². The molecule has 3 N–H and O–H groups in total. The van der Waals surface area contributed by atoms with Crippen LogP contribution in [0, 0.1) is 13.8 Å². The highest BCUT2D eigenvalue weighted by Gasteiger charge is 2.31. The Kier molecular flexibility index (Phi) is 3.15. The van der Waals surface area contributed by atoms with Crippen molar-refractivity contribution in [2.45, 2.75) is 26.3 Å². The summed E-state index contributed by atoms with van der Waals surface area (Å²) in [4.78, 5) is 11.4. The van der Waals surface area contributed by atoms with Crippen LogP contribution in [-0.4, -0.2) is 13.0 Å². The van der Waals surface area contributed by atoms with Crippen molar-refractivity contribution in [2.24, 2.45) is 5.73 Å². The molecule has 0 bridgehead atoms. The van der Waals surface area contributed by atoms with Gasteiger partial charge in [-0.3, -0.25) is 4.79 Å². The number of aryl methyl sites for hydroxylation is 2. The Hall–Kier alpha value is -1.35. The monoisotopic (exact) mass is 206 g/mol. The number of nitrogens with two attached hydrogens (primary N) is 1. The molecular formula is C12H18N2O. The van der Waals surface area contributed by atoms with E-state index < -0.39 is 5.54 Å². The van der Waals surface area contributed by atoms with Gasteiger partial charge in [0.1, 0.15) is 5.54 Å². The number of hydrogen-bond donors (Lipinski definition) is 2. The standard InChI is InChI=1S/C12H18N2O/c1-8-5-6-10(7-9(8)2)12(3,14-4)11(13)15/h5-7,14H,1-4H3,(H2,13,15). The Labute approximate surface area is 90.7 Å². The van der Waals surface area contributed by atoms with Crippen LogP contribution in [0.15, 0.2) is 18.2 Å². The summed E-state index contributed by atoms with van der Waals surface area (Å²) in [6.45, 7) is 5.86. The number of carbonyl (C=O) groups excluding carboxylic acids is 1. The lowest BCUT2D eigenvalue weighted by molar-refractivity contribution is -0.123. The van der Waals surface area contributed by atoms with Gasteiger partial charge in [-0.15, -0.1) is 0 Å². The first-order valence-electron chi connectivity index (χ1n) is 4.98.